The fourth-order valence-electron chi connectivity index (χ4n) is 4.28. The van der Waals surface area contributed by atoms with E-state index < -0.39 is 21.3 Å². The molecular formula is C21H21ClN2O3S. The first-order valence-corrected chi connectivity index (χ1v) is 11.1. The number of carbonyl (C=O) groups is 1. The summed E-state index contributed by atoms with van der Waals surface area (Å²) < 4.78 is 30.4. The van der Waals surface area contributed by atoms with E-state index in [-0.39, 0.29) is 4.90 Å². The summed E-state index contributed by atoms with van der Waals surface area (Å²) in [5.41, 5.74) is 1.66. The van der Waals surface area contributed by atoms with E-state index >= 15 is 0 Å². The number of amides is 1. The van der Waals surface area contributed by atoms with Crippen LogP contribution in [0.2, 0.25) is 5.02 Å². The van der Waals surface area contributed by atoms with Gasteiger partial charge in [-0.1, -0.05) is 36.7 Å². The highest BCUT2D eigenvalue weighted by molar-refractivity contribution is 7.90. The van der Waals surface area contributed by atoms with E-state index in [1.165, 1.54) is 6.07 Å². The molecule has 0 radical (unpaired) electrons. The lowest BCUT2D eigenvalue weighted by molar-refractivity contribution is -0.125. The van der Waals surface area contributed by atoms with E-state index in [9.17, 15) is 13.2 Å². The van der Waals surface area contributed by atoms with Gasteiger partial charge in [0.05, 0.1) is 10.3 Å². The predicted molar refractivity (Wildman–Crippen MR) is 110 cm³/mol. The minimum absolute atomic E-state index is 0.106. The molecule has 146 valence electrons. The van der Waals surface area contributed by atoms with Gasteiger partial charge in [0, 0.05) is 29.2 Å². The SMILES string of the molecule is CCC1(C(=O)NS(=O)(=O)c2cccc3c2ccn3C)CCc2c(Cl)cccc21. The Bertz CT molecular complexity index is 1200. The number of hydrogen-bond donors (Lipinski definition) is 1. The monoisotopic (exact) mass is 416 g/mol. The molecule has 1 heterocycles. The van der Waals surface area contributed by atoms with Crippen LogP contribution >= 0.6 is 11.6 Å². The lowest BCUT2D eigenvalue weighted by Gasteiger charge is -2.27. The predicted octanol–water partition coefficient (Wildman–Crippen LogP) is 3.93. The average molecular weight is 417 g/mol. The Morgan fingerprint density at radius 3 is 2.71 bits per heavy atom. The van der Waals surface area contributed by atoms with Crippen molar-refractivity contribution in [3.05, 3.63) is 64.8 Å². The number of benzene rings is 2. The van der Waals surface area contributed by atoms with Crippen molar-refractivity contribution < 1.29 is 13.2 Å². The minimum Gasteiger partial charge on any atom is -0.351 e. The topological polar surface area (TPSA) is 68.2 Å². The Morgan fingerprint density at radius 1 is 1.21 bits per heavy atom. The van der Waals surface area contributed by atoms with Crippen molar-refractivity contribution in [1.82, 2.24) is 9.29 Å². The molecule has 3 aromatic rings. The van der Waals surface area contributed by atoms with Gasteiger partial charge in [-0.15, -0.1) is 0 Å². The summed E-state index contributed by atoms with van der Waals surface area (Å²) in [7, 11) is -2.17. The average Bonchev–Trinajstić information content (AvgIpc) is 3.24. The van der Waals surface area contributed by atoms with Crippen molar-refractivity contribution in [2.24, 2.45) is 7.05 Å². The fraction of sp³-hybridized carbons (Fsp3) is 0.286. The molecular weight excluding hydrogens is 396 g/mol. The smallest absolute Gasteiger partial charge is 0.264 e. The maximum absolute atomic E-state index is 13.3. The quantitative estimate of drug-likeness (QED) is 0.700. The Hall–Kier alpha value is -2.31. The van der Waals surface area contributed by atoms with Gasteiger partial charge in [0.1, 0.15) is 0 Å². The summed E-state index contributed by atoms with van der Waals surface area (Å²) in [6.07, 6.45) is 3.50. The molecule has 0 bridgehead atoms. The lowest BCUT2D eigenvalue weighted by Crippen LogP contribution is -2.45. The van der Waals surface area contributed by atoms with Gasteiger partial charge in [0.25, 0.3) is 10.0 Å². The van der Waals surface area contributed by atoms with Crippen LogP contribution in [0.25, 0.3) is 10.9 Å². The van der Waals surface area contributed by atoms with Crippen LogP contribution in [-0.4, -0.2) is 18.9 Å². The zero-order valence-electron chi connectivity index (χ0n) is 15.7. The molecule has 7 heteroatoms. The largest absolute Gasteiger partial charge is 0.351 e. The normalized spacial score (nSPS) is 19.0. The molecule has 0 saturated carbocycles. The van der Waals surface area contributed by atoms with Crippen LogP contribution in [-0.2, 0) is 33.7 Å². The van der Waals surface area contributed by atoms with Gasteiger partial charge < -0.3 is 4.57 Å². The Morgan fingerprint density at radius 2 is 1.96 bits per heavy atom. The minimum atomic E-state index is -4.02. The molecule has 0 fully saturated rings. The van der Waals surface area contributed by atoms with Crippen LogP contribution in [0.4, 0.5) is 0 Å². The first-order valence-electron chi connectivity index (χ1n) is 9.19. The van der Waals surface area contributed by atoms with Gasteiger partial charge in [0.15, 0.2) is 0 Å². The molecule has 0 aliphatic heterocycles. The van der Waals surface area contributed by atoms with Gasteiger partial charge in [-0.25, -0.2) is 13.1 Å². The highest BCUT2D eigenvalue weighted by Crippen LogP contribution is 2.44. The van der Waals surface area contributed by atoms with Crippen LogP contribution in [0.3, 0.4) is 0 Å². The summed E-state index contributed by atoms with van der Waals surface area (Å²) >= 11 is 6.30. The number of hydrogen-bond acceptors (Lipinski definition) is 3. The molecule has 1 aliphatic rings. The standard InChI is InChI=1S/C21H21ClN2O3S/c1-3-21(12-10-14-16(21)6-4-7-17(14)22)20(25)23-28(26,27)19-9-5-8-18-15(19)11-13-24(18)2/h4-9,11,13H,3,10,12H2,1-2H3,(H,23,25). The van der Waals surface area contributed by atoms with E-state index in [1.54, 1.807) is 24.4 Å². The molecule has 28 heavy (non-hydrogen) atoms. The van der Waals surface area contributed by atoms with Crippen molar-refractivity contribution in [1.29, 1.82) is 0 Å². The third-order valence-electron chi connectivity index (χ3n) is 5.88. The van der Waals surface area contributed by atoms with Crippen LogP contribution in [0.1, 0.15) is 30.9 Å². The van der Waals surface area contributed by atoms with Crippen LogP contribution < -0.4 is 4.72 Å². The molecule has 4 rings (SSSR count). The van der Waals surface area contributed by atoms with Crippen molar-refractivity contribution in [2.75, 3.05) is 0 Å². The van der Waals surface area contributed by atoms with E-state index in [1.807, 2.05) is 36.7 Å². The Kier molecular flexibility index (Phi) is 4.51. The number of halogens is 1. The molecule has 0 spiro atoms. The van der Waals surface area contributed by atoms with Crippen molar-refractivity contribution in [3.63, 3.8) is 0 Å². The van der Waals surface area contributed by atoms with Gasteiger partial charge in [0.2, 0.25) is 5.91 Å². The molecule has 5 nitrogen and oxygen atoms in total. The number of fused-ring (bicyclic) bond motifs is 2. The molecule has 0 saturated heterocycles. The van der Waals surface area contributed by atoms with Gasteiger partial charge in [-0.3, -0.25) is 4.79 Å². The second kappa shape index (κ2) is 6.64. The van der Waals surface area contributed by atoms with Gasteiger partial charge in [-0.05, 0) is 54.7 Å². The van der Waals surface area contributed by atoms with Crippen molar-refractivity contribution >= 4 is 38.4 Å². The maximum Gasteiger partial charge on any atom is 0.264 e. The summed E-state index contributed by atoms with van der Waals surface area (Å²) in [4.78, 5) is 13.4. The summed E-state index contributed by atoms with van der Waals surface area (Å²) in [6.45, 7) is 1.90. The third kappa shape index (κ3) is 2.74. The van der Waals surface area contributed by atoms with Crippen LogP contribution in [0.5, 0.6) is 0 Å². The van der Waals surface area contributed by atoms with Crippen molar-refractivity contribution in [2.45, 2.75) is 36.5 Å². The highest BCUT2D eigenvalue weighted by atomic mass is 35.5. The summed E-state index contributed by atoms with van der Waals surface area (Å²) in [5, 5.41) is 1.21. The molecule has 1 unspecified atom stereocenters. The number of rotatable bonds is 4. The van der Waals surface area contributed by atoms with E-state index in [4.69, 9.17) is 11.6 Å². The van der Waals surface area contributed by atoms with Crippen molar-refractivity contribution in [3.8, 4) is 0 Å². The van der Waals surface area contributed by atoms with Crippen LogP contribution in [0, 0.1) is 0 Å². The third-order valence-corrected chi connectivity index (χ3v) is 7.62. The van der Waals surface area contributed by atoms with E-state index in [0.717, 1.165) is 16.6 Å². The first-order chi connectivity index (χ1) is 13.3. The molecule has 1 aliphatic carbocycles. The van der Waals surface area contributed by atoms with Gasteiger partial charge in [-0.2, -0.15) is 0 Å². The van der Waals surface area contributed by atoms with E-state index in [2.05, 4.69) is 4.72 Å². The number of carbonyl (C=O) groups excluding carboxylic acids is 1. The number of aromatic nitrogens is 1. The molecule has 1 atom stereocenters. The molecule has 1 aromatic heterocycles. The number of sulfonamides is 1. The molecule has 1 amide bonds. The second-order valence-corrected chi connectivity index (χ2v) is 9.31. The molecule has 1 N–H and O–H groups in total. The first kappa shape index (κ1) is 19.0. The summed E-state index contributed by atoms with van der Waals surface area (Å²) in [5.74, 6) is -0.496. The zero-order chi connectivity index (χ0) is 20.1. The second-order valence-electron chi connectivity index (χ2n) is 7.25. The Balaban J connectivity index is 1.74. The van der Waals surface area contributed by atoms with Crippen LogP contribution in [0.15, 0.2) is 53.6 Å². The zero-order valence-corrected chi connectivity index (χ0v) is 17.3. The van der Waals surface area contributed by atoms with Gasteiger partial charge >= 0.3 is 0 Å². The number of nitrogens with one attached hydrogen (secondary N) is 1. The number of aryl methyl sites for hydroxylation is 1. The lowest BCUT2D eigenvalue weighted by atomic mass is 9.79. The molecule has 2 aromatic carbocycles. The highest BCUT2D eigenvalue weighted by Gasteiger charge is 2.45. The van der Waals surface area contributed by atoms with E-state index in [0.29, 0.717) is 29.7 Å². The fourth-order valence-corrected chi connectivity index (χ4v) is 5.82. The number of nitrogens with zero attached hydrogens (tertiary/aromatic N) is 1. The Labute approximate surface area is 169 Å². The summed E-state index contributed by atoms with van der Waals surface area (Å²) in [6, 6.07) is 12.3. The maximum atomic E-state index is 13.3.